The summed E-state index contributed by atoms with van der Waals surface area (Å²) in [7, 11) is -2.77. The highest BCUT2D eigenvalue weighted by molar-refractivity contribution is 7.21. The van der Waals surface area contributed by atoms with Crippen LogP contribution in [0.3, 0.4) is 0 Å². The highest BCUT2D eigenvalue weighted by Crippen LogP contribution is 2.41. The summed E-state index contributed by atoms with van der Waals surface area (Å²) in [6.07, 6.45) is 0. The highest BCUT2D eigenvalue weighted by atomic mass is 28.3. The Balaban J connectivity index is 0.00000484. The molecule has 1 aliphatic heterocycles. The van der Waals surface area contributed by atoms with Crippen molar-refractivity contribution in [2.75, 3.05) is 9.80 Å². The molecule has 0 fully saturated rings. The van der Waals surface area contributed by atoms with Crippen LogP contribution in [-0.4, -0.2) is 8.07 Å². The van der Waals surface area contributed by atoms with Gasteiger partial charge in [-0.1, -0.05) is 214 Å². The minimum atomic E-state index is -2.77. The molecule has 0 atom stereocenters. The first-order valence-electron chi connectivity index (χ1n) is 21.7. The van der Waals surface area contributed by atoms with Crippen LogP contribution in [0.4, 0.5) is 34.1 Å². The fraction of sp³-hybridized carbons (Fsp3) is 0.0164. The standard InChI is InChI=1S/C60H44N2Si.CH4/c1-6-18-45(19-7-1)47-30-37-52(38-31-47)61(53-39-32-48(33-40-53)46-20-8-2-9-21-46)54-41-34-49(35-42-54)50-36-43-60-58(44-50)62(51-22-10-3-11-23-51)57-28-16-17-29-59(57)63(60,55-24-12-4-13-25-55)56-26-14-5-15-27-56;/h1-44H;1H4. The largest absolute Gasteiger partial charge is 0.311 e. The van der Waals surface area contributed by atoms with Gasteiger partial charge in [0.2, 0.25) is 0 Å². The summed E-state index contributed by atoms with van der Waals surface area (Å²) in [6, 6.07) is 97.7. The zero-order valence-electron chi connectivity index (χ0n) is 34.8. The predicted molar refractivity (Wildman–Crippen MR) is 276 cm³/mol. The van der Waals surface area contributed by atoms with Crippen molar-refractivity contribution in [1.29, 1.82) is 0 Å². The van der Waals surface area contributed by atoms with Crippen molar-refractivity contribution >= 4 is 62.9 Å². The number of rotatable bonds is 9. The van der Waals surface area contributed by atoms with Crippen LogP contribution in [0, 0.1) is 0 Å². The van der Waals surface area contributed by atoms with E-state index in [1.807, 2.05) is 0 Å². The van der Waals surface area contributed by atoms with Crippen molar-refractivity contribution < 1.29 is 0 Å². The van der Waals surface area contributed by atoms with Gasteiger partial charge in [0.1, 0.15) is 0 Å². The molecule has 0 unspecified atom stereocenters. The van der Waals surface area contributed by atoms with E-state index in [1.165, 1.54) is 65.5 Å². The van der Waals surface area contributed by atoms with Crippen LogP contribution in [0.25, 0.3) is 33.4 Å². The number of nitrogens with zero attached hydrogens (tertiary/aromatic N) is 2. The third-order valence-corrected chi connectivity index (χ3v) is 17.4. The number of para-hydroxylation sites is 2. The first-order chi connectivity index (χ1) is 31.3. The second-order valence-electron chi connectivity index (χ2n) is 16.1. The minimum Gasteiger partial charge on any atom is -0.311 e. The Morgan fingerprint density at radius 1 is 0.281 bits per heavy atom. The van der Waals surface area contributed by atoms with Crippen molar-refractivity contribution in [2.45, 2.75) is 7.43 Å². The first kappa shape index (κ1) is 40.1. The average molecular weight is 837 g/mol. The molecule has 0 aromatic heterocycles. The Kier molecular flexibility index (Phi) is 10.9. The third-order valence-electron chi connectivity index (χ3n) is 12.5. The van der Waals surface area contributed by atoms with Gasteiger partial charge in [-0.25, -0.2) is 0 Å². The van der Waals surface area contributed by atoms with E-state index in [0.717, 1.165) is 22.7 Å². The lowest BCUT2D eigenvalue weighted by Gasteiger charge is -2.45. The minimum absolute atomic E-state index is 0. The zero-order chi connectivity index (χ0) is 42.0. The Bertz CT molecular complexity index is 3000. The molecule has 2 nitrogen and oxygen atoms in total. The van der Waals surface area contributed by atoms with Gasteiger partial charge in [0.25, 0.3) is 0 Å². The van der Waals surface area contributed by atoms with Crippen LogP contribution < -0.4 is 30.5 Å². The summed E-state index contributed by atoms with van der Waals surface area (Å²) in [5.74, 6) is 0. The molecule has 1 aliphatic rings. The summed E-state index contributed by atoms with van der Waals surface area (Å²) in [5.41, 5.74) is 14.0. The van der Waals surface area contributed by atoms with Crippen molar-refractivity contribution in [3.05, 3.63) is 267 Å². The Labute approximate surface area is 378 Å². The molecule has 0 amide bonds. The SMILES string of the molecule is C.c1ccc(-c2ccc(N(c3ccc(-c4ccccc4)cc3)c3ccc(-c4ccc5c(c4)N(c4ccccc4)c4ccccc4[Si]5(c4ccccc4)c4ccccc4)cc3)cc2)cc1. The molecule has 11 rings (SSSR count). The summed E-state index contributed by atoms with van der Waals surface area (Å²) in [4.78, 5) is 4.84. The van der Waals surface area contributed by atoms with E-state index in [0.29, 0.717) is 0 Å². The van der Waals surface area contributed by atoms with Gasteiger partial charge < -0.3 is 9.80 Å². The smallest absolute Gasteiger partial charge is 0.184 e. The fourth-order valence-corrected chi connectivity index (χ4v) is 14.7. The molecule has 0 bridgehead atoms. The van der Waals surface area contributed by atoms with Crippen molar-refractivity contribution in [2.24, 2.45) is 0 Å². The van der Waals surface area contributed by atoms with E-state index in [9.17, 15) is 0 Å². The van der Waals surface area contributed by atoms with Crippen molar-refractivity contribution in [1.82, 2.24) is 0 Å². The molecule has 1 heterocycles. The van der Waals surface area contributed by atoms with E-state index in [2.05, 4.69) is 277 Å². The summed E-state index contributed by atoms with van der Waals surface area (Å²) < 4.78 is 0. The van der Waals surface area contributed by atoms with Crippen molar-refractivity contribution in [3.63, 3.8) is 0 Å². The van der Waals surface area contributed by atoms with E-state index >= 15 is 0 Å². The molecule has 0 saturated heterocycles. The van der Waals surface area contributed by atoms with Gasteiger partial charge >= 0.3 is 0 Å². The maximum atomic E-state index is 2.49. The van der Waals surface area contributed by atoms with Gasteiger partial charge in [-0.3, -0.25) is 0 Å². The van der Waals surface area contributed by atoms with Gasteiger partial charge in [0, 0.05) is 34.1 Å². The van der Waals surface area contributed by atoms with Crippen LogP contribution in [0.1, 0.15) is 7.43 Å². The van der Waals surface area contributed by atoms with E-state index in [1.54, 1.807) is 0 Å². The average Bonchev–Trinajstić information content (AvgIpc) is 3.37. The monoisotopic (exact) mass is 836 g/mol. The second kappa shape index (κ2) is 17.4. The van der Waals surface area contributed by atoms with Crippen LogP contribution in [0.5, 0.6) is 0 Å². The molecule has 0 spiro atoms. The summed E-state index contributed by atoms with van der Waals surface area (Å²) >= 11 is 0. The molecule has 10 aromatic carbocycles. The van der Waals surface area contributed by atoms with Crippen molar-refractivity contribution in [3.8, 4) is 33.4 Å². The van der Waals surface area contributed by atoms with E-state index in [-0.39, 0.29) is 7.43 Å². The van der Waals surface area contributed by atoms with Gasteiger partial charge in [0.05, 0.1) is 0 Å². The fourth-order valence-electron chi connectivity index (χ4n) is 9.61. The Morgan fingerprint density at radius 3 is 1.09 bits per heavy atom. The Hall–Kier alpha value is -7.98. The van der Waals surface area contributed by atoms with E-state index in [4.69, 9.17) is 0 Å². The molecule has 0 aliphatic carbocycles. The lowest BCUT2D eigenvalue weighted by Crippen LogP contribution is -2.77. The number of hydrogen-bond acceptors (Lipinski definition) is 2. The van der Waals surface area contributed by atoms with Gasteiger partial charge in [-0.05, 0) is 115 Å². The van der Waals surface area contributed by atoms with Gasteiger partial charge in [-0.15, -0.1) is 0 Å². The molecule has 10 aromatic rings. The molecule has 0 radical (unpaired) electrons. The predicted octanol–water partition coefficient (Wildman–Crippen LogP) is 14.0. The Morgan fingerprint density at radius 2 is 0.625 bits per heavy atom. The van der Waals surface area contributed by atoms with Crippen LogP contribution >= 0.6 is 0 Å². The number of hydrogen-bond donors (Lipinski definition) is 0. The molecule has 64 heavy (non-hydrogen) atoms. The molecule has 306 valence electrons. The van der Waals surface area contributed by atoms with Crippen LogP contribution in [-0.2, 0) is 0 Å². The first-order valence-corrected chi connectivity index (χ1v) is 23.7. The van der Waals surface area contributed by atoms with Gasteiger partial charge in [-0.2, -0.15) is 0 Å². The second-order valence-corrected chi connectivity index (χ2v) is 19.8. The number of benzene rings is 10. The normalized spacial score (nSPS) is 12.3. The number of fused-ring (bicyclic) bond motifs is 2. The molecular formula is C61H48N2Si. The van der Waals surface area contributed by atoms with Crippen LogP contribution in [0.15, 0.2) is 267 Å². The van der Waals surface area contributed by atoms with Gasteiger partial charge in [0.15, 0.2) is 8.07 Å². The zero-order valence-corrected chi connectivity index (χ0v) is 35.8. The summed E-state index contributed by atoms with van der Waals surface area (Å²) in [5, 5.41) is 5.53. The highest BCUT2D eigenvalue weighted by Gasteiger charge is 2.48. The molecule has 0 N–H and O–H groups in total. The van der Waals surface area contributed by atoms with Crippen LogP contribution in [0.2, 0.25) is 0 Å². The summed E-state index contributed by atoms with van der Waals surface area (Å²) in [6.45, 7) is 0. The topological polar surface area (TPSA) is 6.48 Å². The number of anilines is 6. The molecular weight excluding hydrogens is 789 g/mol. The van der Waals surface area contributed by atoms with E-state index < -0.39 is 8.07 Å². The third kappa shape index (κ3) is 7.12. The quantitative estimate of drug-likeness (QED) is 0.134. The molecule has 3 heteroatoms. The maximum Gasteiger partial charge on any atom is 0.184 e. The molecule has 0 saturated carbocycles. The lowest BCUT2D eigenvalue weighted by molar-refractivity contribution is 1.28. The maximum absolute atomic E-state index is 2.77. The lowest BCUT2D eigenvalue weighted by atomic mass is 10.0.